The molecule has 4 aromatic rings. The highest BCUT2D eigenvalue weighted by atomic mass is 79.9. The Labute approximate surface area is 218 Å². The van der Waals surface area contributed by atoms with E-state index in [1.54, 1.807) is 29.2 Å². The van der Waals surface area contributed by atoms with Crippen molar-refractivity contribution in [3.63, 3.8) is 0 Å². The number of halogens is 5. The summed E-state index contributed by atoms with van der Waals surface area (Å²) in [6.45, 7) is 2.93. The Hall–Kier alpha value is -2.95. The highest BCUT2D eigenvalue weighted by Gasteiger charge is 2.36. The molecule has 1 aliphatic rings. The van der Waals surface area contributed by atoms with Crippen LogP contribution < -0.4 is 0 Å². The second kappa shape index (κ2) is 9.84. The van der Waals surface area contributed by atoms with Crippen molar-refractivity contribution in [1.29, 1.82) is 0 Å². The van der Waals surface area contributed by atoms with Crippen molar-refractivity contribution in [3.05, 3.63) is 87.1 Å². The molecule has 36 heavy (non-hydrogen) atoms. The summed E-state index contributed by atoms with van der Waals surface area (Å²) in [5.74, 6) is -0.415. The molecule has 2 aromatic heterocycles. The lowest BCUT2D eigenvalue weighted by molar-refractivity contribution is -0.142. The molecular formula is C25H20BrClF3N5O. The number of piperazine rings is 1. The maximum atomic E-state index is 13.9. The molecule has 6 nitrogen and oxygen atoms in total. The van der Waals surface area contributed by atoms with E-state index in [0.717, 1.165) is 22.6 Å². The summed E-state index contributed by atoms with van der Waals surface area (Å²) >= 11 is 9.46. The van der Waals surface area contributed by atoms with E-state index in [-0.39, 0.29) is 17.0 Å². The molecule has 3 heterocycles. The number of benzene rings is 2. The summed E-state index contributed by atoms with van der Waals surface area (Å²) in [7, 11) is 0. The smallest absolute Gasteiger partial charge is 0.335 e. The van der Waals surface area contributed by atoms with Gasteiger partial charge in [0.2, 0.25) is 0 Å². The number of hydrogen-bond acceptors (Lipinski definition) is 4. The first kappa shape index (κ1) is 24.7. The zero-order valence-corrected chi connectivity index (χ0v) is 21.2. The van der Waals surface area contributed by atoms with Gasteiger partial charge in [0.05, 0.1) is 5.69 Å². The third-order valence-electron chi connectivity index (χ3n) is 6.09. The topological polar surface area (TPSA) is 53.7 Å². The summed E-state index contributed by atoms with van der Waals surface area (Å²) in [6.07, 6.45) is -4.69. The molecule has 0 aliphatic carbocycles. The Kier molecular flexibility index (Phi) is 6.76. The van der Waals surface area contributed by atoms with Crippen LogP contribution >= 0.6 is 27.5 Å². The minimum atomic E-state index is -4.69. The fourth-order valence-corrected chi connectivity index (χ4v) is 4.72. The van der Waals surface area contributed by atoms with Gasteiger partial charge in [-0.1, -0.05) is 57.9 Å². The predicted octanol–water partition coefficient (Wildman–Crippen LogP) is 5.79. The van der Waals surface area contributed by atoms with Crippen molar-refractivity contribution in [2.75, 3.05) is 26.2 Å². The molecule has 5 rings (SSSR count). The van der Waals surface area contributed by atoms with Crippen LogP contribution in [0.2, 0.25) is 5.02 Å². The van der Waals surface area contributed by atoms with Gasteiger partial charge in [0, 0.05) is 53.8 Å². The largest absolute Gasteiger partial charge is 0.433 e. The van der Waals surface area contributed by atoms with E-state index in [4.69, 9.17) is 11.6 Å². The van der Waals surface area contributed by atoms with Crippen molar-refractivity contribution < 1.29 is 18.0 Å². The molecule has 0 radical (unpaired) electrons. The van der Waals surface area contributed by atoms with Crippen molar-refractivity contribution in [1.82, 2.24) is 24.4 Å². The molecule has 0 saturated carbocycles. The first-order valence-electron chi connectivity index (χ1n) is 11.2. The molecule has 0 unspecified atom stereocenters. The molecule has 0 bridgehead atoms. The summed E-state index contributed by atoms with van der Waals surface area (Å²) < 4.78 is 43.4. The van der Waals surface area contributed by atoms with Crippen LogP contribution in [0.5, 0.6) is 0 Å². The van der Waals surface area contributed by atoms with Crippen molar-refractivity contribution in [3.8, 4) is 11.3 Å². The van der Waals surface area contributed by atoms with Crippen LogP contribution in [0.3, 0.4) is 0 Å². The van der Waals surface area contributed by atoms with E-state index in [1.165, 1.54) is 6.07 Å². The number of carbonyl (C=O) groups excluding carboxylic acids is 1. The normalized spacial score (nSPS) is 15.0. The molecular weight excluding hydrogens is 559 g/mol. The van der Waals surface area contributed by atoms with Crippen LogP contribution in [0.1, 0.15) is 21.7 Å². The van der Waals surface area contributed by atoms with Crippen LogP contribution in [-0.2, 0) is 12.7 Å². The SMILES string of the molecule is O=C(c1cc2nc(-c3ccc(Cl)cc3)cc(C(F)(F)F)n2n1)N1CCN(Cc2ccccc2Br)CC1. The maximum absolute atomic E-state index is 13.9. The van der Waals surface area contributed by atoms with Crippen LogP contribution in [0, 0.1) is 0 Å². The zero-order valence-electron chi connectivity index (χ0n) is 18.8. The molecule has 0 atom stereocenters. The number of amides is 1. The second-order valence-corrected chi connectivity index (χ2v) is 9.78. The van der Waals surface area contributed by atoms with Gasteiger partial charge in [-0.25, -0.2) is 9.50 Å². The van der Waals surface area contributed by atoms with Crippen molar-refractivity contribution in [2.45, 2.75) is 12.7 Å². The molecule has 1 saturated heterocycles. The predicted molar refractivity (Wildman–Crippen MR) is 134 cm³/mol. The standard InChI is InChI=1S/C25H20BrClF3N5O/c26-19-4-2-1-3-17(19)15-33-9-11-34(12-10-33)24(36)21-14-23-31-20(16-5-7-18(27)8-6-16)13-22(25(28,29)30)35(23)32-21/h1-8,13-14H,9-12,15H2. The van der Waals surface area contributed by atoms with Gasteiger partial charge in [0.15, 0.2) is 17.0 Å². The fraction of sp³-hybridized carbons (Fsp3) is 0.240. The zero-order chi connectivity index (χ0) is 25.4. The lowest BCUT2D eigenvalue weighted by Gasteiger charge is -2.34. The van der Waals surface area contributed by atoms with Crippen LogP contribution in [0.4, 0.5) is 13.2 Å². The number of carbonyl (C=O) groups is 1. The van der Waals surface area contributed by atoms with Crippen LogP contribution in [0.15, 0.2) is 65.1 Å². The molecule has 186 valence electrons. The molecule has 1 fully saturated rings. The lowest BCUT2D eigenvalue weighted by atomic mass is 10.1. The highest BCUT2D eigenvalue weighted by Crippen LogP contribution is 2.32. The van der Waals surface area contributed by atoms with E-state index in [9.17, 15) is 18.0 Å². The van der Waals surface area contributed by atoms with Gasteiger partial charge in [-0.05, 0) is 29.8 Å². The average molecular weight is 579 g/mol. The Morgan fingerprint density at radius 1 is 1.00 bits per heavy atom. The van der Waals surface area contributed by atoms with E-state index in [1.807, 2.05) is 24.3 Å². The third kappa shape index (κ3) is 5.11. The van der Waals surface area contributed by atoms with Crippen LogP contribution in [0.25, 0.3) is 16.9 Å². The van der Waals surface area contributed by atoms with E-state index >= 15 is 0 Å². The average Bonchev–Trinajstić information content (AvgIpc) is 3.29. The van der Waals surface area contributed by atoms with Gasteiger partial charge in [0.25, 0.3) is 5.91 Å². The first-order chi connectivity index (χ1) is 17.2. The molecule has 2 aromatic carbocycles. The number of aromatic nitrogens is 3. The highest BCUT2D eigenvalue weighted by molar-refractivity contribution is 9.10. The van der Waals surface area contributed by atoms with E-state index in [0.29, 0.717) is 41.3 Å². The van der Waals surface area contributed by atoms with Gasteiger partial charge < -0.3 is 4.90 Å². The number of nitrogens with zero attached hydrogens (tertiary/aromatic N) is 5. The number of rotatable bonds is 4. The third-order valence-corrected chi connectivity index (χ3v) is 7.11. The first-order valence-corrected chi connectivity index (χ1v) is 12.3. The number of hydrogen-bond donors (Lipinski definition) is 0. The molecule has 11 heteroatoms. The van der Waals surface area contributed by atoms with Crippen LogP contribution in [-0.4, -0.2) is 56.5 Å². The minimum Gasteiger partial charge on any atom is -0.335 e. The van der Waals surface area contributed by atoms with E-state index in [2.05, 4.69) is 30.9 Å². The second-order valence-electron chi connectivity index (χ2n) is 8.49. The van der Waals surface area contributed by atoms with Gasteiger partial charge in [0.1, 0.15) is 0 Å². The van der Waals surface area contributed by atoms with Gasteiger partial charge in [-0.2, -0.15) is 18.3 Å². The Balaban J connectivity index is 1.38. The molecule has 1 aliphatic heterocycles. The van der Waals surface area contributed by atoms with E-state index < -0.39 is 17.8 Å². The molecule has 1 amide bonds. The van der Waals surface area contributed by atoms with Gasteiger partial charge >= 0.3 is 6.18 Å². The van der Waals surface area contributed by atoms with Gasteiger partial charge in [-0.15, -0.1) is 0 Å². The van der Waals surface area contributed by atoms with Crippen molar-refractivity contribution >= 4 is 39.1 Å². The minimum absolute atomic E-state index is 0.0503. The maximum Gasteiger partial charge on any atom is 0.433 e. The summed E-state index contributed by atoms with van der Waals surface area (Å²) in [6, 6.07) is 16.6. The quantitative estimate of drug-likeness (QED) is 0.308. The molecule has 0 spiro atoms. The lowest BCUT2D eigenvalue weighted by Crippen LogP contribution is -2.48. The fourth-order valence-electron chi connectivity index (χ4n) is 4.19. The van der Waals surface area contributed by atoms with Gasteiger partial charge in [-0.3, -0.25) is 9.69 Å². The Bertz CT molecular complexity index is 1420. The monoisotopic (exact) mass is 577 g/mol. The summed E-state index contributed by atoms with van der Waals surface area (Å²) in [4.78, 5) is 21.3. The molecule has 0 N–H and O–H groups in total. The Morgan fingerprint density at radius 2 is 1.69 bits per heavy atom. The van der Waals surface area contributed by atoms with Crippen molar-refractivity contribution in [2.24, 2.45) is 0 Å². The number of alkyl halides is 3. The summed E-state index contributed by atoms with van der Waals surface area (Å²) in [5, 5.41) is 4.47. The number of fused-ring (bicyclic) bond motifs is 1. The Morgan fingerprint density at radius 3 is 2.36 bits per heavy atom. The summed E-state index contributed by atoms with van der Waals surface area (Å²) in [5.41, 5.74) is 0.620.